The maximum atomic E-state index is 12.8. The van der Waals surface area contributed by atoms with Gasteiger partial charge in [-0.15, -0.1) is 0 Å². The van der Waals surface area contributed by atoms with Crippen molar-refractivity contribution in [2.24, 2.45) is 0 Å². The summed E-state index contributed by atoms with van der Waals surface area (Å²) in [6.45, 7) is 1.56. The van der Waals surface area contributed by atoms with Crippen LogP contribution in [-0.4, -0.2) is 28.5 Å². The Morgan fingerprint density at radius 2 is 1.47 bits per heavy atom. The summed E-state index contributed by atoms with van der Waals surface area (Å²) in [5.41, 5.74) is 2.04. The van der Waals surface area contributed by atoms with Gasteiger partial charge in [-0.2, -0.15) is 0 Å². The lowest BCUT2D eigenvalue weighted by molar-refractivity contribution is -0.138. The third-order valence-electron chi connectivity index (χ3n) is 5.16. The van der Waals surface area contributed by atoms with Gasteiger partial charge in [0.05, 0.1) is 12.1 Å². The number of hydrogen-bond donors (Lipinski definition) is 1. The molecule has 1 heterocycles. The second-order valence-electron chi connectivity index (χ2n) is 7.54. The van der Waals surface area contributed by atoms with Gasteiger partial charge in [-0.3, -0.25) is 19.3 Å². The van der Waals surface area contributed by atoms with Crippen LogP contribution in [0.1, 0.15) is 33.2 Å². The van der Waals surface area contributed by atoms with Crippen molar-refractivity contribution < 1.29 is 23.9 Å². The molecule has 34 heavy (non-hydrogen) atoms. The van der Waals surface area contributed by atoms with E-state index in [4.69, 9.17) is 16.3 Å². The predicted octanol–water partition coefficient (Wildman–Crippen LogP) is 4.54. The number of carbonyl (C=O) groups is 4. The first-order valence-electron chi connectivity index (χ1n) is 10.3. The Balaban J connectivity index is 1.41. The fourth-order valence-electron chi connectivity index (χ4n) is 3.32. The van der Waals surface area contributed by atoms with Gasteiger partial charge in [-0.25, -0.2) is 4.79 Å². The van der Waals surface area contributed by atoms with E-state index in [9.17, 15) is 19.2 Å². The Bertz CT molecular complexity index is 1300. The predicted molar refractivity (Wildman–Crippen MR) is 126 cm³/mol. The van der Waals surface area contributed by atoms with Crippen LogP contribution in [0.25, 0.3) is 0 Å². The van der Waals surface area contributed by atoms with Gasteiger partial charge in [0.1, 0.15) is 16.5 Å². The van der Waals surface area contributed by atoms with Gasteiger partial charge in [-0.05, 0) is 61.0 Å². The summed E-state index contributed by atoms with van der Waals surface area (Å²) in [4.78, 5) is 50.1. The lowest BCUT2D eigenvalue weighted by Crippen LogP contribution is -2.31. The molecule has 3 aromatic carbocycles. The molecule has 170 valence electrons. The second kappa shape index (κ2) is 9.72. The first kappa shape index (κ1) is 22.9. The summed E-state index contributed by atoms with van der Waals surface area (Å²) in [5.74, 6) is -1.46. The molecule has 1 N–H and O–H groups in total. The number of Topliss-reactive ketones (excluding diaryl/α,β-unsaturated/α-hetero) is 1. The summed E-state index contributed by atoms with van der Waals surface area (Å²) in [7, 11) is 0. The van der Waals surface area contributed by atoms with Crippen molar-refractivity contribution in [1.29, 1.82) is 0 Å². The smallest absolute Gasteiger partial charge is 0.343 e. The number of halogens is 1. The average Bonchev–Trinajstić information content (AvgIpc) is 3.04. The van der Waals surface area contributed by atoms with Gasteiger partial charge in [0, 0.05) is 11.3 Å². The Morgan fingerprint density at radius 3 is 2.09 bits per heavy atom. The van der Waals surface area contributed by atoms with Gasteiger partial charge >= 0.3 is 5.97 Å². The molecule has 7 nitrogen and oxygen atoms in total. The van der Waals surface area contributed by atoms with E-state index < -0.39 is 17.8 Å². The minimum absolute atomic E-state index is 0.0246. The van der Waals surface area contributed by atoms with E-state index in [1.54, 1.807) is 36.4 Å². The number of esters is 1. The van der Waals surface area contributed by atoms with E-state index in [1.165, 1.54) is 19.1 Å². The van der Waals surface area contributed by atoms with Crippen molar-refractivity contribution in [3.63, 3.8) is 0 Å². The van der Waals surface area contributed by atoms with Crippen molar-refractivity contribution in [2.45, 2.75) is 13.5 Å². The molecule has 1 aliphatic heterocycles. The summed E-state index contributed by atoms with van der Waals surface area (Å²) in [5, 5.41) is 2.67. The molecule has 0 unspecified atom stereocenters. The van der Waals surface area contributed by atoms with E-state index >= 15 is 0 Å². The van der Waals surface area contributed by atoms with Gasteiger partial charge in [0.15, 0.2) is 5.78 Å². The third kappa shape index (κ3) is 4.89. The van der Waals surface area contributed by atoms with Crippen LogP contribution in [0, 0.1) is 0 Å². The van der Waals surface area contributed by atoms with Crippen LogP contribution >= 0.6 is 11.6 Å². The summed E-state index contributed by atoms with van der Waals surface area (Å²) < 4.78 is 5.32. The van der Waals surface area contributed by atoms with Crippen molar-refractivity contribution in [2.75, 3.05) is 5.32 Å². The van der Waals surface area contributed by atoms with E-state index in [1.807, 2.05) is 30.3 Å². The topological polar surface area (TPSA) is 92.8 Å². The maximum Gasteiger partial charge on any atom is 0.343 e. The maximum absolute atomic E-state index is 12.8. The molecule has 0 saturated heterocycles. The highest BCUT2D eigenvalue weighted by molar-refractivity contribution is 6.48. The van der Waals surface area contributed by atoms with Gasteiger partial charge in [-0.1, -0.05) is 41.9 Å². The van der Waals surface area contributed by atoms with Crippen LogP contribution in [0.2, 0.25) is 0 Å². The number of imide groups is 1. The minimum atomic E-state index is -0.583. The van der Waals surface area contributed by atoms with Crippen LogP contribution in [0.4, 0.5) is 5.69 Å². The number of nitrogens with zero attached hydrogens (tertiary/aromatic N) is 1. The average molecular weight is 475 g/mol. The Hall–Kier alpha value is -4.23. The lowest BCUT2D eigenvalue weighted by Gasteiger charge is -2.15. The van der Waals surface area contributed by atoms with Crippen LogP contribution < -0.4 is 10.1 Å². The van der Waals surface area contributed by atoms with Gasteiger partial charge in [0.25, 0.3) is 11.8 Å². The summed E-state index contributed by atoms with van der Waals surface area (Å²) >= 11 is 6.15. The van der Waals surface area contributed by atoms with Gasteiger partial charge < -0.3 is 10.1 Å². The zero-order chi connectivity index (χ0) is 24.2. The number of rotatable bonds is 7. The summed E-state index contributed by atoms with van der Waals surface area (Å²) in [6, 6.07) is 21.6. The summed E-state index contributed by atoms with van der Waals surface area (Å²) in [6.07, 6.45) is 0. The molecule has 0 fully saturated rings. The van der Waals surface area contributed by atoms with E-state index in [-0.39, 0.29) is 28.6 Å². The SMILES string of the molecule is CC(=O)c1ccc(OC(=O)c2ccc(NC3=C(Cl)C(=O)N(Cc4ccccc4)C3=O)cc2)cc1. The Morgan fingerprint density at radius 1 is 0.853 bits per heavy atom. The van der Waals surface area contributed by atoms with E-state index in [0.717, 1.165) is 10.5 Å². The fourth-order valence-corrected chi connectivity index (χ4v) is 3.55. The molecule has 0 aromatic heterocycles. The van der Waals surface area contributed by atoms with Crippen LogP contribution in [0.5, 0.6) is 5.75 Å². The molecule has 3 aromatic rings. The standard InChI is InChI=1S/C26H19ClN2O5/c1-16(30)18-9-13-21(14-10-18)34-26(33)19-7-11-20(12-8-19)28-23-22(27)24(31)29(25(23)32)15-17-5-3-2-4-6-17/h2-14,28H,15H2,1H3. The van der Waals surface area contributed by atoms with Crippen molar-refractivity contribution in [3.05, 3.63) is 106 Å². The molecule has 0 aliphatic carbocycles. The lowest BCUT2D eigenvalue weighted by atomic mass is 10.1. The highest BCUT2D eigenvalue weighted by Crippen LogP contribution is 2.27. The monoisotopic (exact) mass is 474 g/mol. The third-order valence-corrected chi connectivity index (χ3v) is 5.51. The molecule has 0 bridgehead atoms. The highest BCUT2D eigenvalue weighted by Gasteiger charge is 2.37. The molecular formula is C26H19ClN2O5. The minimum Gasteiger partial charge on any atom is -0.423 e. The number of hydrogen-bond acceptors (Lipinski definition) is 6. The molecule has 0 atom stereocenters. The van der Waals surface area contributed by atoms with E-state index in [0.29, 0.717) is 17.0 Å². The largest absolute Gasteiger partial charge is 0.423 e. The molecule has 0 radical (unpaired) electrons. The molecule has 2 amide bonds. The molecular weight excluding hydrogens is 456 g/mol. The number of nitrogens with one attached hydrogen (secondary N) is 1. The molecule has 1 aliphatic rings. The number of carbonyl (C=O) groups excluding carboxylic acids is 4. The first-order chi connectivity index (χ1) is 16.3. The number of benzene rings is 3. The van der Waals surface area contributed by atoms with Gasteiger partial charge in [0.2, 0.25) is 0 Å². The number of amides is 2. The highest BCUT2D eigenvalue weighted by atomic mass is 35.5. The number of anilines is 1. The normalized spacial score (nSPS) is 13.3. The first-order valence-corrected chi connectivity index (χ1v) is 10.7. The van der Waals surface area contributed by atoms with Crippen LogP contribution in [0.15, 0.2) is 89.6 Å². The van der Waals surface area contributed by atoms with E-state index in [2.05, 4.69) is 5.32 Å². The van der Waals surface area contributed by atoms with Crippen LogP contribution in [0.3, 0.4) is 0 Å². The van der Waals surface area contributed by atoms with Crippen molar-refractivity contribution >= 4 is 40.9 Å². The number of ether oxygens (including phenoxy) is 1. The zero-order valence-electron chi connectivity index (χ0n) is 18.1. The fraction of sp³-hybridized carbons (Fsp3) is 0.0769. The molecule has 8 heteroatoms. The Kier molecular flexibility index (Phi) is 6.56. The van der Waals surface area contributed by atoms with Crippen molar-refractivity contribution in [1.82, 2.24) is 4.90 Å². The quantitative estimate of drug-likeness (QED) is 0.234. The second-order valence-corrected chi connectivity index (χ2v) is 7.92. The molecule has 0 saturated carbocycles. The molecule has 0 spiro atoms. The molecule has 4 rings (SSSR count). The van der Waals surface area contributed by atoms with Crippen LogP contribution in [-0.2, 0) is 16.1 Å². The number of ketones is 1. The Labute approximate surface area is 200 Å². The van der Waals surface area contributed by atoms with Crippen molar-refractivity contribution in [3.8, 4) is 5.75 Å². The zero-order valence-corrected chi connectivity index (χ0v) is 18.8.